The summed E-state index contributed by atoms with van der Waals surface area (Å²) in [5, 5.41) is 23.4. The first-order valence-electron chi connectivity index (χ1n) is 34.4. The van der Waals surface area contributed by atoms with Gasteiger partial charge in [-0.3, -0.25) is 52.7 Å². The molecule has 0 aromatic carbocycles. The summed E-state index contributed by atoms with van der Waals surface area (Å²) in [4.78, 5) is 173. The van der Waals surface area contributed by atoms with Gasteiger partial charge in [0.15, 0.2) is 6.29 Å². The van der Waals surface area contributed by atoms with Gasteiger partial charge in [0.05, 0.1) is 32.5 Å². The summed E-state index contributed by atoms with van der Waals surface area (Å²) in [5.74, 6) is -10.3. The molecule has 11 amide bonds. The minimum absolute atomic E-state index is 0.0327. The molecule has 0 spiro atoms. The van der Waals surface area contributed by atoms with Crippen molar-refractivity contribution in [2.75, 3.05) is 75.8 Å². The summed E-state index contributed by atoms with van der Waals surface area (Å²) in [6, 6.07) is -14.3. The van der Waals surface area contributed by atoms with Gasteiger partial charge >= 0.3 is 0 Å². The molecule has 2 saturated heterocycles. The van der Waals surface area contributed by atoms with Crippen LogP contribution in [0.4, 0.5) is 0 Å². The molecule has 544 valence electrons. The second-order valence-electron chi connectivity index (χ2n) is 28.7. The molecule has 2 heterocycles. The number of carbonyl (C=O) groups is 11. The lowest BCUT2D eigenvalue weighted by molar-refractivity contribution is -0.187. The Labute approximate surface area is 567 Å². The zero-order valence-corrected chi connectivity index (χ0v) is 62.0. The monoisotopic (exact) mass is 1350 g/mol. The van der Waals surface area contributed by atoms with E-state index in [9.17, 15) is 29.1 Å². The van der Waals surface area contributed by atoms with Crippen LogP contribution in [0.5, 0.6) is 0 Å². The maximum absolute atomic E-state index is 15.4. The van der Waals surface area contributed by atoms with Crippen molar-refractivity contribution >= 4 is 65.0 Å². The number of likely N-dealkylation sites (N-methyl/N-ethyl adjacent to an activating group) is 7. The average molecular weight is 1350 g/mol. The summed E-state index contributed by atoms with van der Waals surface area (Å²) in [6.07, 6.45) is 3.21. The lowest BCUT2D eigenvalue weighted by Gasteiger charge is -2.41. The predicted molar refractivity (Wildman–Crippen MR) is 363 cm³/mol. The summed E-state index contributed by atoms with van der Waals surface area (Å²) in [5.41, 5.74) is 0. The highest BCUT2D eigenvalue weighted by atomic mass is 16.7. The maximum Gasteiger partial charge on any atom is 0.248 e. The van der Waals surface area contributed by atoms with Crippen molar-refractivity contribution < 1.29 is 72.1 Å². The Morgan fingerprint density at radius 3 is 1.38 bits per heavy atom. The standard InChI is InChI=1S/C69H123N11O15/c1-25-27-29-45(15)58(81)57-62(85)72-48(26-2)64(87)78(22)53(38-93-33-30-54-94-31-28-32-95-54)67(90)74(18)50(35-40(5)6)61(84)73-55(43(11)12)68(91)75(19)49(34-39(3)4)60(83)70-46(16)59(82)71-47(17)63(86)76(20)51(36-41(7)8)65(88)77(21)52(37-42(9)10)66(89)79(23)56(44(13)14)69(92)80(57)24/h25,27,39-58,81H,26,28-38H2,1-24H3,(H,70,83)(H,71,82)(H,72,85)(H,73,84)/t45-,46+,47-,48+,49+,50+,51+,52+,53-,55+,56+,57+,58-/m1/s1. The Morgan fingerprint density at radius 2 is 0.905 bits per heavy atom. The van der Waals surface area contributed by atoms with E-state index in [4.69, 9.17) is 14.2 Å². The van der Waals surface area contributed by atoms with Crippen molar-refractivity contribution in [2.24, 2.45) is 41.4 Å². The topological polar surface area (TPSA) is 306 Å². The van der Waals surface area contributed by atoms with E-state index in [1.807, 2.05) is 55.4 Å². The smallest absolute Gasteiger partial charge is 0.248 e. The molecule has 2 rings (SSSR count). The average Bonchev–Trinajstić information content (AvgIpc) is 0.814. The van der Waals surface area contributed by atoms with Gasteiger partial charge < -0.3 is 74.9 Å². The maximum atomic E-state index is 15.4. The van der Waals surface area contributed by atoms with Gasteiger partial charge in [0, 0.05) is 55.8 Å². The third kappa shape index (κ3) is 24.4. The molecule has 0 unspecified atom stereocenters. The van der Waals surface area contributed by atoms with Crippen LogP contribution in [0.15, 0.2) is 12.2 Å². The molecular formula is C69H123N11O15. The third-order valence-electron chi connectivity index (χ3n) is 18.1. The van der Waals surface area contributed by atoms with E-state index >= 15 is 28.8 Å². The molecule has 2 aliphatic heterocycles. The lowest BCUT2D eigenvalue weighted by atomic mass is 9.91. The van der Waals surface area contributed by atoms with Crippen LogP contribution in [0.25, 0.3) is 0 Å². The number of rotatable bonds is 20. The summed E-state index contributed by atoms with van der Waals surface area (Å²) in [6.45, 7) is 30.4. The first-order chi connectivity index (χ1) is 44.2. The molecule has 0 radical (unpaired) electrons. The molecule has 26 heteroatoms. The molecule has 0 bridgehead atoms. The molecule has 0 aromatic rings. The first-order valence-corrected chi connectivity index (χ1v) is 34.4. The van der Waals surface area contributed by atoms with Crippen LogP contribution in [0.1, 0.15) is 169 Å². The Balaban J connectivity index is 3.09. The van der Waals surface area contributed by atoms with E-state index in [0.29, 0.717) is 19.6 Å². The van der Waals surface area contributed by atoms with Gasteiger partial charge in [-0.05, 0) is 107 Å². The highest BCUT2D eigenvalue weighted by Gasteiger charge is 2.46. The number of hydrogen-bond acceptors (Lipinski definition) is 15. The van der Waals surface area contributed by atoms with E-state index in [0.717, 1.165) is 9.80 Å². The number of aliphatic hydroxyl groups excluding tert-OH is 1. The van der Waals surface area contributed by atoms with E-state index < -0.39 is 168 Å². The Hall–Kier alpha value is -6.25. The number of allylic oxidation sites excluding steroid dienone is 2. The summed E-state index contributed by atoms with van der Waals surface area (Å²) >= 11 is 0. The van der Waals surface area contributed by atoms with Crippen LogP contribution in [-0.4, -0.2) is 259 Å². The zero-order valence-electron chi connectivity index (χ0n) is 62.0. The SMILES string of the molecule is CC=CC[C@@H](C)[C@@H](O)[C@H]1C(=O)N[C@@H](CC)C(=O)N(C)[C@H](COCCC2OCCCO2)C(=O)N(C)[C@@H](CC(C)C)C(=O)N[C@@H](C(C)C)C(=O)N(C)[C@@H](CC(C)C)C(=O)N[C@@H](C)C(=O)N[C@H](C)C(=O)N(C)[C@@H](CC(C)C)C(=O)N(C)[C@@H](CC(C)C)C(=O)N(C)[C@@H](C(C)C)C(=O)N1C. The molecule has 2 aliphatic rings. The van der Waals surface area contributed by atoms with Gasteiger partial charge in [-0.2, -0.15) is 0 Å². The fourth-order valence-electron chi connectivity index (χ4n) is 12.1. The van der Waals surface area contributed by atoms with Crippen LogP contribution >= 0.6 is 0 Å². The Bertz CT molecular complexity index is 2580. The largest absolute Gasteiger partial charge is 0.390 e. The molecule has 13 atom stereocenters. The summed E-state index contributed by atoms with van der Waals surface area (Å²) in [7, 11) is 9.90. The van der Waals surface area contributed by atoms with Crippen LogP contribution in [0.2, 0.25) is 0 Å². The summed E-state index contributed by atoms with van der Waals surface area (Å²) < 4.78 is 17.6. The van der Waals surface area contributed by atoms with E-state index in [1.54, 1.807) is 60.6 Å². The Morgan fingerprint density at radius 1 is 0.484 bits per heavy atom. The number of carbonyl (C=O) groups excluding carboxylic acids is 11. The van der Waals surface area contributed by atoms with E-state index in [1.165, 1.54) is 87.7 Å². The Kier molecular flexibility index (Phi) is 35.6. The number of nitrogens with one attached hydrogen (secondary N) is 4. The molecule has 2 fully saturated rings. The predicted octanol–water partition coefficient (Wildman–Crippen LogP) is 3.81. The van der Waals surface area contributed by atoms with Crippen molar-refractivity contribution in [3.05, 3.63) is 12.2 Å². The molecule has 95 heavy (non-hydrogen) atoms. The van der Waals surface area contributed by atoms with Gasteiger partial charge in [0.2, 0.25) is 65.0 Å². The minimum atomic E-state index is -1.67. The van der Waals surface area contributed by atoms with Gasteiger partial charge in [-0.15, -0.1) is 0 Å². The first kappa shape index (κ1) is 84.8. The van der Waals surface area contributed by atoms with Gasteiger partial charge in [-0.25, -0.2) is 0 Å². The molecular weight excluding hydrogens is 1220 g/mol. The number of nitrogens with zero attached hydrogens (tertiary/aromatic N) is 7. The fourth-order valence-corrected chi connectivity index (χ4v) is 12.1. The van der Waals surface area contributed by atoms with Crippen molar-refractivity contribution in [1.29, 1.82) is 0 Å². The number of amides is 11. The molecule has 0 saturated carbocycles. The van der Waals surface area contributed by atoms with E-state index in [-0.39, 0.29) is 75.2 Å². The quantitative estimate of drug-likeness (QED) is 0.0855. The highest BCUT2D eigenvalue weighted by Crippen LogP contribution is 2.26. The van der Waals surface area contributed by atoms with Gasteiger partial charge in [0.1, 0.15) is 66.5 Å². The van der Waals surface area contributed by atoms with Crippen LogP contribution in [0.3, 0.4) is 0 Å². The van der Waals surface area contributed by atoms with Crippen LogP contribution in [-0.2, 0) is 67.0 Å². The number of hydrogen-bond donors (Lipinski definition) is 5. The van der Waals surface area contributed by atoms with E-state index in [2.05, 4.69) is 21.3 Å². The second-order valence-corrected chi connectivity index (χ2v) is 28.7. The third-order valence-corrected chi connectivity index (χ3v) is 18.1. The highest BCUT2D eigenvalue weighted by molar-refractivity contribution is 6.00. The van der Waals surface area contributed by atoms with Crippen molar-refractivity contribution in [2.45, 2.75) is 248 Å². The van der Waals surface area contributed by atoms with Crippen LogP contribution < -0.4 is 21.3 Å². The molecule has 0 aromatic heterocycles. The van der Waals surface area contributed by atoms with Crippen molar-refractivity contribution in [3.8, 4) is 0 Å². The van der Waals surface area contributed by atoms with Crippen LogP contribution in [0, 0.1) is 41.4 Å². The fraction of sp³-hybridized carbons (Fsp3) is 0.812. The molecule has 26 nitrogen and oxygen atoms in total. The van der Waals surface area contributed by atoms with Crippen molar-refractivity contribution in [1.82, 2.24) is 55.6 Å². The van der Waals surface area contributed by atoms with Crippen molar-refractivity contribution in [3.63, 3.8) is 0 Å². The number of ether oxygens (including phenoxy) is 3. The van der Waals surface area contributed by atoms with Gasteiger partial charge in [0.25, 0.3) is 0 Å². The minimum Gasteiger partial charge on any atom is -0.390 e. The zero-order chi connectivity index (χ0) is 72.8. The van der Waals surface area contributed by atoms with Gasteiger partial charge in [-0.1, -0.05) is 109 Å². The lowest BCUT2D eigenvalue weighted by Crippen LogP contribution is -2.64. The normalized spacial score (nSPS) is 27.3. The molecule has 5 N–H and O–H groups in total. The second kappa shape index (κ2) is 39.8. The number of aliphatic hydroxyl groups is 1. The molecule has 0 aliphatic carbocycles.